The minimum Gasteiger partial charge on any atom is -0.317 e. The third-order valence-electron chi connectivity index (χ3n) is 4.80. The van der Waals surface area contributed by atoms with Crippen molar-refractivity contribution < 1.29 is 4.79 Å². The summed E-state index contributed by atoms with van der Waals surface area (Å²) < 4.78 is 0. The highest BCUT2D eigenvalue weighted by atomic mass is 16.1. The summed E-state index contributed by atoms with van der Waals surface area (Å²) in [6.45, 7) is 4.28. The van der Waals surface area contributed by atoms with E-state index in [9.17, 15) is 4.79 Å². The maximum absolute atomic E-state index is 12.4. The molecule has 0 amide bonds. The zero-order valence-electron chi connectivity index (χ0n) is 11.0. The number of nitrogens with one attached hydrogen (secondary N) is 1. The Labute approximate surface area is 109 Å². The van der Waals surface area contributed by atoms with E-state index in [1.165, 1.54) is 24.0 Å². The number of ketones is 1. The number of rotatable bonds is 3. The minimum absolute atomic E-state index is 0.346. The van der Waals surface area contributed by atoms with Crippen LogP contribution in [0.5, 0.6) is 0 Å². The molecule has 1 unspecified atom stereocenters. The molecular formula is C16H21NO. The first kappa shape index (κ1) is 11.9. The van der Waals surface area contributed by atoms with Crippen molar-refractivity contribution in [2.24, 2.45) is 11.3 Å². The van der Waals surface area contributed by atoms with Gasteiger partial charge in [-0.1, -0.05) is 24.3 Å². The van der Waals surface area contributed by atoms with E-state index in [0.29, 0.717) is 23.5 Å². The monoisotopic (exact) mass is 243 g/mol. The van der Waals surface area contributed by atoms with Crippen LogP contribution in [0.1, 0.15) is 30.4 Å². The summed E-state index contributed by atoms with van der Waals surface area (Å²) in [7, 11) is 0. The van der Waals surface area contributed by atoms with Gasteiger partial charge in [-0.25, -0.2) is 0 Å². The predicted octanol–water partition coefficient (Wildman–Crippen LogP) is 2.50. The lowest BCUT2D eigenvalue weighted by atomic mass is 9.89. The summed E-state index contributed by atoms with van der Waals surface area (Å²) in [5.41, 5.74) is 2.83. The van der Waals surface area contributed by atoms with Crippen molar-refractivity contribution in [2.45, 2.75) is 32.6 Å². The minimum atomic E-state index is 0.346. The number of aryl methyl sites for hydroxylation is 1. The number of benzene rings is 1. The smallest absolute Gasteiger partial charge is 0.140 e. The van der Waals surface area contributed by atoms with Crippen LogP contribution in [0.2, 0.25) is 0 Å². The van der Waals surface area contributed by atoms with Crippen LogP contribution >= 0.6 is 0 Å². The van der Waals surface area contributed by atoms with Gasteiger partial charge in [-0.15, -0.1) is 0 Å². The molecule has 0 bridgehead atoms. The normalized spacial score (nSPS) is 25.1. The summed E-state index contributed by atoms with van der Waals surface area (Å²) in [6.07, 6.45) is 4.15. The Morgan fingerprint density at radius 2 is 2.06 bits per heavy atom. The van der Waals surface area contributed by atoms with Crippen LogP contribution in [-0.2, 0) is 11.2 Å². The molecule has 96 valence electrons. The zero-order valence-corrected chi connectivity index (χ0v) is 11.0. The number of hydrogen-bond donors (Lipinski definition) is 1. The fourth-order valence-electron chi connectivity index (χ4n) is 3.40. The number of carbonyl (C=O) groups excluding carboxylic acids is 1. The third-order valence-corrected chi connectivity index (χ3v) is 4.80. The second kappa shape index (κ2) is 4.51. The van der Waals surface area contributed by atoms with E-state index in [-0.39, 0.29) is 0 Å². The lowest BCUT2D eigenvalue weighted by molar-refractivity contribution is -0.120. The SMILES string of the molecule is Cc1ccccc1CC(=O)C1CC12CCNCC2. The molecule has 1 N–H and O–H groups in total. The van der Waals surface area contributed by atoms with E-state index in [4.69, 9.17) is 0 Å². The molecule has 2 fully saturated rings. The van der Waals surface area contributed by atoms with Gasteiger partial charge >= 0.3 is 0 Å². The summed E-state index contributed by atoms with van der Waals surface area (Å²) >= 11 is 0. The van der Waals surface area contributed by atoms with Crippen LogP contribution in [0.4, 0.5) is 0 Å². The number of piperidine rings is 1. The molecule has 2 aliphatic rings. The first-order valence-corrected chi connectivity index (χ1v) is 6.99. The van der Waals surface area contributed by atoms with E-state index in [1.807, 2.05) is 12.1 Å². The van der Waals surface area contributed by atoms with Crippen molar-refractivity contribution in [3.05, 3.63) is 35.4 Å². The first-order valence-electron chi connectivity index (χ1n) is 6.99. The van der Waals surface area contributed by atoms with E-state index >= 15 is 0 Å². The van der Waals surface area contributed by atoms with Gasteiger partial charge in [0.25, 0.3) is 0 Å². The number of carbonyl (C=O) groups is 1. The maximum atomic E-state index is 12.4. The molecule has 1 aliphatic heterocycles. The molecule has 2 nitrogen and oxygen atoms in total. The highest BCUT2D eigenvalue weighted by molar-refractivity contribution is 5.87. The molecule has 18 heavy (non-hydrogen) atoms. The van der Waals surface area contributed by atoms with Gasteiger partial charge in [-0.3, -0.25) is 4.79 Å². The molecule has 0 aromatic heterocycles. The van der Waals surface area contributed by atoms with E-state index < -0.39 is 0 Å². The Balaban J connectivity index is 1.65. The Bertz CT molecular complexity index is 460. The molecule has 1 saturated carbocycles. The van der Waals surface area contributed by atoms with Gasteiger partial charge in [-0.2, -0.15) is 0 Å². The largest absolute Gasteiger partial charge is 0.317 e. The van der Waals surface area contributed by atoms with Gasteiger partial charge in [0, 0.05) is 12.3 Å². The quantitative estimate of drug-likeness (QED) is 0.883. The van der Waals surface area contributed by atoms with Gasteiger partial charge in [0.2, 0.25) is 0 Å². The lowest BCUT2D eigenvalue weighted by Crippen LogP contribution is -2.31. The number of Topliss-reactive ketones (excluding diaryl/α,β-unsaturated/α-hetero) is 1. The standard InChI is InChI=1S/C16H21NO/c1-12-4-2-3-5-13(12)10-15(18)14-11-16(14)6-8-17-9-7-16/h2-5,14,17H,6-11H2,1H3. The topological polar surface area (TPSA) is 29.1 Å². The van der Waals surface area contributed by atoms with Crippen LogP contribution in [0.25, 0.3) is 0 Å². The molecule has 3 rings (SSSR count). The summed E-state index contributed by atoms with van der Waals surface area (Å²) in [5.74, 6) is 0.811. The van der Waals surface area contributed by atoms with Crippen LogP contribution in [0.3, 0.4) is 0 Å². The molecule has 1 aliphatic carbocycles. The molecule has 2 heteroatoms. The van der Waals surface area contributed by atoms with Gasteiger partial charge < -0.3 is 5.32 Å². The van der Waals surface area contributed by atoms with Crippen molar-refractivity contribution >= 4 is 5.78 Å². The predicted molar refractivity (Wildman–Crippen MR) is 72.5 cm³/mol. The molecule has 1 atom stereocenters. The highest BCUT2D eigenvalue weighted by Gasteiger charge is 2.56. The fraction of sp³-hybridized carbons (Fsp3) is 0.562. The summed E-state index contributed by atoms with van der Waals surface area (Å²) in [6, 6.07) is 8.25. The molecule has 1 aromatic carbocycles. The molecule has 0 radical (unpaired) electrons. The highest BCUT2D eigenvalue weighted by Crippen LogP contribution is 2.59. The zero-order chi connectivity index (χ0) is 12.6. The van der Waals surface area contributed by atoms with Crippen LogP contribution in [0.15, 0.2) is 24.3 Å². The molecular weight excluding hydrogens is 222 g/mol. The van der Waals surface area contributed by atoms with Gasteiger partial charge in [0.1, 0.15) is 5.78 Å². The Kier molecular flexibility index (Phi) is 2.98. The van der Waals surface area contributed by atoms with E-state index in [2.05, 4.69) is 24.4 Å². The first-order chi connectivity index (χ1) is 8.71. The summed E-state index contributed by atoms with van der Waals surface area (Å²) in [5, 5.41) is 3.39. The fourth-order valence-corrected chi connectivity index (χ4v) is 3.40. The third kappa shape index (κ3) is 2.10. The summed E-state index contributed by atoms with van der Waals surface area (Å²) in [4.78, 5) is 12.4. The maximum Gasteiger partial charge on any atom is 0.140 e. The van der Waals surface area contributed by atoms with Gasteiger partial charge in [0.05, 0.1) is 0 Å². The molecule has 1 saturated heterocycles. The van der Waals surface area contributed by atoms with Crippen LogP contribution in [0, 0.1) is 18.3 Å². The Morgan fingerprint density at radius 3 is 2.78 bits per heavy atom. The van der Waals surface area contributed by atoms with E-state index in [0.717, 1.165) is 19.5 Å². The van der Waals surface area contributed by atoms with E-state index in [1.54, 1.807) is 0 Å². The average molecular weight is 243 g/mol. The van der Waals surface area contributed by atoms with Gasteiger partial charge in [0.15, 0.2) is 0 Å². The Morgan fingerprint density at radius 1 is 1.33 bits per heavy atom. The van der Waals surface area contributed by atoms with Crippen molar-refractivity contribution in [1.29, 1.82) is 0 Å². The number of hydrogen-bond acceptors (Lipinski definition) is 2. The van der Waals surface area contributed by atoms with Crippen molar-refractivity contribution in [3.63, 3.8) is 0 Å². The van der Waals surface area contributed by atoms with Crippen molar-refractivity contribution in [2.75, 3.05) is 13.1 Å². The lowest BCUT2D eigenvalue weighted by Gasteiger charge is -2.23. The average Bonchev–Trinajstić information content (AvgIpc) is 3.07. The van der Waals surface area contributed by atoms with Gasteiger partial charge in [-0.05, 0) is 55.8 Å². The Hall–Kier alpha value is -1.15. The van der Waals surface area contributed by atoms with Crippen molar-refractivity contribution in [3.8, 4) is 0 Å². The van der Waals surface area contributed by atoms with Crippen LogP contribution in [-0.4, -0.2) is 18.9 Å². The molecule has 1 heterocycles. The van der Waals surface area contributed by atoms with Crippen molar-refractivity contribution in [1.82, 2.24) is 5.32 Å². The molecule has 1 aromatic rings. The molecule has 1 spiro atoms. The van der Waals surface area contributed by atoms with Crippen LogP contribution < -0.4 is 5.32 Å². The second-order valence-electron chi connectivity index (χ2n) is 5.94. The second-order valence-corrected chi connectivity index (χ2v) is 5.94.